The number of nitrogens with two attached hydrogens (primary N) is 1. The van der Waals surface area contributed by atoms with Gasteiger partial charge >= 0.3 is 0 Å². The molecule has 1 saturated heterocycles. The molecule has 3 N–H and O–H groups in total. The Labute approximate surface area is 114 Å². The van der Waals surface area contributed by atoms with Crippen LogP contribution in [0.3, 0.4) is 0 Å². The van der Waals surface area contributed by atoms with E-state index in [1.165, 1.54) is 25.7 Å². The molecular formula is C14H25N3O2. The molecule has 0 spiro atoms. The van der Waals surface area contributed by atoms with Crippen molar-refractivity contribution in [1.29, 1.82) is 0 Å². The number of carbonyl (C=O) groups is 1. The monoisotopic (exact) mass is 267 g/mol. The maximum Gasteiger partial charge on any atom is 0.235 e. The molecule has 1 saturated carbocycles. The fourth-order valence-electron chi connectivity index (χ4n) is 3.42. The summed E-state index contributed by atoms with van der Waals surface area (Å²) in [5.74, 6) is 1.41. The van der Waals surface area contributed by atoms with Gasteiger partial charge in [0.05, 0.1) is 0 Å². The molecule has 2 unspecified atom stereocenters. The molecule has 2 fully saturated rings. The van der Waals surface area contributed by atoms with Crippen molar-refractivity contribution in [2.24, 2.45) is 28.1 Å². The molecule has 0 aromatic carbocycles. The average molecular weight is 267 g/mol. The molecule has 5 nitrogen and oxygen atoms in total. The third-order valence-electron chi connectivity index (χ3n) is 4.86. The molecule has 5 heteroatoms. The first-order valence-electron chi connectivity index (χ1n) is 7.24. The van der Waals surface area contributed by atoms with Crippen LogP contribution in [-0.2, 0) is 4.79 Å². The maximum absolute atomic E-state index is 12.5. The Morgan fingerprint density at radius 1 is 1.26 bits per heavy atom. The van der Waals surface area contributed by atoms with Gasteiger partial charge in [0.25, 0.3) is 0 Å². The Bertz CT molecular complexity index is 379. The molecule has 1 aliphatic carbocycles. The summed E-state index contributed by atoms with van der Waals surface area (Å²) in [6.07, 6.45) is 6.27. The lowest BCUT2D eigenvalue weighted by Gasteiger charge is -2.43. The lowest BCUT2D eigenvalue weighted by Crippen LogP contribution is -2.52. The molecule has 0 bridgehead atoms. The second kappa shape index (κ2) is 5.39. The van der Waals surface area contributed by atoms with Crippen LogP contribution in [0, 0.1) is 17.3 Å². The van der Waals surface area contributed by atoms with E-state index in [9.17, 15) is 4.79 Å². The lowest BCUT2D eigenvalue weighted by atomic mass is 9.74. The van der Waals surface area contributed by atoms with Gasteiger partial charge in [-0.3, -0.25) is 4.79 Å². The Morgan fingerprint density at radius 2 is 1.89 bits per heavy atom. The van der Waals surface area contributed by atoms with Crippen molar-refractivity contribution in [3.8, 4) is 0 Å². The topological polar surface area (TPSA) is 78.9 Å². The molecular weight excluding hydrogens is 242 g/mol. The standard InChI is InChI=1S/C14H25N3O2/c1-14(2,12(15)16-19)13(18)17-8-7-10-5-3-4-6-11(10)9-17/h10-11,19H,3-9H2,1-2H3,(H2,15,16). The number of hydrogen-bond donors (Lipinski definition) is 2. The fraction of sp³-hybridized carbons (Fsp3) is 0.857. The van der Waals surface area contributed by atoms with E-state index < -0.39 is 5.41 Å². The third kappa shape index (κ3) is 2.69. The number of carbonyl (C=O) groups excluding carboxylic acids is 1. The summed E-state index contributed by atoms with van der Waals surface area (Å²) in [5, 5.41) is 11.8. The van der Waals surface area contributed by atoms with Crippen LogP contribution < -0.4 is 5.73 Å². The molecule has 1 aliphatic heterocycles. The highest BCUT2D eigenvalue weighted by molar-refractivity contribution is 6.05. The van der Waals surface area contributed by atoms with Gasteiger partial charge in [0.2, 0.25) is 5.91 Å². The summed E-state index contributed by atoms with van der Waals surface area (Å²) >= 11 is 0. The van der Waals surface area contributed by atoms with E-state index in [1.54, 1.807) is 13.8 Å². The Morgan fingerprint density at radius 3 is 2.53 bits per heavy atom. The zero-order chi connectivity index (χ0) is 14.0. The number of likely N-dealkylation sites (tertiary alicyclic amines) is 1. The molecule has 2 atom stereocenters. The first-order valence-corrected chi connectivity index (χ1v) is 7.24. The summed E-state index contributed by atoms with van der Waals surface area (Å²) in [4.78, 5) is 14.5. The quantitative estimate of drug-likeness (QED) is 0.346. The van der Waals surface area contributed by atoms with Crippen LogP contribution >= 0.6 is 0 Å². The smallest absolute Gasteiger partial charge is 0.235 e. The van der Waals surface area contributed by atoms with Crippen molar-refractivity contribution in [2.45, 2.75) is 46.0 Å². The second-order valence-electron chi connectivity index (χ2n) is 6.45. The van der Waals surface area contributed by atoms with Crippen molar-refractivity contribution in [1.82, 2.24) is 4.90 Å². The summed E-state index contributed by atoms with van der Waals surface area (Å²) in [5.41, 5.74) is 4.72. The highest BCUT2D eigenvalue weighted by Crippen LogP contribution is 2.37. The zero-order valence-electron chi connectivity index (χ0n) is 11.9. The summed E-state index contributed by atoms with van der Waals surface area (Å²) in [7, 11) is 0. The predicted molar refractivity (Wildman–Crippen MR) is 73.8 cm³/mol. The number of amidine groups is 1. The van der Waals surface area contributed by atoms with E-state index >= 15 is 0 Å². The van der Waals surface area contributed by atoms with E-state index in [2.05, 4.69) is 5.16 Å². The number of fused-ring (bicyclic) bond motifs is 1. The number of hydrogen-bond acceptors (Lipinski definition) is 3. The normalized spacial score (nSPS) is 28.9. The molecule has 1 amide bonds. The fourth-order valence-corrected chi connectivity index (χ4v) is 3.42. The van der Waals surface area contributed by atoms with Gasteiger partial charge in [0.15, 0.2) is 5.84 Å². The Kier molecular flexibility index (Phi) is 4.02. The van der Waals surface area contributed by atoms with Gasteiger partial charge in [-0.1, -0.05) is 24.4 Å². The van der Waals surface area contributed by atoms with E-state index in [0.717, 1.165) is 25.4 Å². The molecule has 2 aliphatic rings. The van der Waals surface area contributed by atoms with Gasteiger partial charge in [-0.2, -0.15) is 0 Å². The molecule has 19 heavy (non-hydrogen) atoms. The molecule has 0 aromatic rings. The van der Waals surface area contributed by atoms with Crippen molar-refractivity contribution in [3.05, 3.63) is 0 Å². The van der Waals surface area contributed by atoms with Gasteiger partial charge in [-0.05, 0) is 38.5 Å². The van der Waals surface area contributed by atoms with Crippen LogP contribution in [-0.4, -0.2) is 34.9 Å². The lowest BCUT2D eigenvalue weighted by molar-refractivity contribution is -0.140. The molecule has 0 aromatic heterocycles. The molecule has 108 valence electrons. The van der Waals surface area contributed by atoms with Crippen LogP contribution in [0.2, 0.25) is 0 Å². The minimum absolute atomic E-state index is 0.0109. The van der Waals surface area contributed by atoms with Gasteiger partial charge in [-0.15, -0.1) is 0 Å². The zero-order valence-corrected chi connectivity index (χ0v) is 11.9. The number of amides is 1. The van der Waals surface area contributed by atoms with Crippen LogP contribution in [0.25, 0.3) is 0 Å². The van der Waals surface area contributed by atoms with Crippen LogP contribution in [0.4, 0.5) is 0 Å². The van der Waals surface area contributed by atoms with E-state index in [0.29, 0.717) is 5.92 Å². The Hall–Kier alpha value is -1.26. The van der Waals surface area contributed by atoms with Crippen LogP contribution in [0.15, 0.2) is 5.16 Å². The van der Waals surface area contributed by atoms with Crippen molar-refractivity contribution >= 4 is 11.7 Å². The minimum atomic E-state index is -0.920. The first-order chi connectivity index (χ1) is 8.96. The van der Waals surface area contributed by atoms with Gasteiger partial charge < -0.3 is 15.8 Å². The highest BCUT2D eigenvalue weighted by atomic mass is 16.4. The minimum Gasteiger partial charge on any atom is -0.409 e. The van der Waals surface area contributed by atoms with Gasteiger partial charge in [0, 0.05) is 13.1 Å². The maximum atomic E-state index is 12.5. The largest absolute Gasteiger partial charge is 0.409 e. The molecule has 2 rings (SSSR count). The van der Waals surface area contributed by atoms with Gasteiger partial charge in [0.1, 0.15) is 5.41 Å². The first kappa shape index (κ1) is 14.2. The SMILES string of the molecule is CC(C)(C(=O)N1CCC2CCCCC2C1)C(N)=NO. The summed E-state index contributed by atoms with van der Waals surface area (Å²) < 4.78 is 0. The van der Waals surface area contributed by atoms with Crippen LogP contribution in [0.5, 0.6) is 0 Å². The number of piperidine rings is 1. The van der Waals surface area contributed by atoms with Crippen molar-refractivity contribution < 1.29 is 10.0 Å². The number of oxime groups is 1. The predicted octanol–water partition coefficient (Wildman–Crippen LogP) is 1.80. The summed E-state index contributed by atoms with van der Waals surface area (Å²) in [6, 6.07) is 0. The van der Waals surface area contributed by atoms with Crippen molar-refractivity contribution in [2.75, 3.05) is 13.1 Å². The van der Waals surface area contributed by atoms with Crippen molar-refractivity contribution in [3.63, 3.8) is 0 Å². The van der Waals surface area contributed by atoms with Gasteiger partial charge in [-0.25, -0.2) is 0 Å². The third-order valence-corrected chi connectivity index (χ3v) is 4.86. The van der Waals surface area contributed by atoms with E-state index in [-0.39, 0.29) is 11.7 Å². The second-order valence-corrected chi connectivity index (χ2v) is 6.45. The number of nitrogens with zero attached hydrogens (tertiary/aromatic N) is 2. The van der Waals surface area contributed by atoms with Crippen LogP contribution in [0.1, 0.15) is 46.0 Å². The van der Waals surface area contributed by atoms with E-state index in [1.807, 2.05) is 4.90 Å². The Balaban J connectivity index is 2.04. The van der Waals surface area contributed by atoms with E-state index in [4.69, 9.17) is 10.9 Å². The molecule has 1 heterocycles. The highest BCUT2D eigenvalue weighted by Gasteiger charge is 2.40. The summed E-state index contributed by atoms with van der Waals surface area (Å²) in [6.45, 7) is 5.09. The average Bonchev–Trinajstić information content (AvgIpc) is 2.44. The number of rotatable bonds is 2. The molecule has 0 radical (unpaired) electrons.